The van der Waals surface area contributed by atoms with Gasteiger partial charge in [0, 0.05) is 43.3 Å². The standard InChI is InChI=1S/C25H29N4/c1-18(23-13-12-19-8-4-5-11-24(19)27(23)2)26-28(3)22-16-20-9-6-14-29-15-7-10-21(17-22)25(20)29/h4-5,8,11-13,16-17H,6-7,9-10,14-15H2,1-3H3/q+1. The van der Waals surface area contributed by atoms with E-state index in [1.165, 1.54) is 72.2 Å². The maximum absolute atomic E-state index is 4.96. The van der Waals surface area contributed by atoms with Gasteiger partial charge in [0.1, 0.15) is 12.8 Å². The van der Waals surface area contributed by atoms with Crippen LogP contribution in [0, 0.1) is 0 Å². The fourth-order valence-electron chi connectivity index (χ4n) is 5.01. The van der Waals surface area contributed by atoms with Gasteiger partial charge in [-0.05, 0) is 68.0 Å². The number of hydrazone groups is 1. The average Bonchev–Trinajstić information content (AvgIpc) is 2.74. The molecule has 2 aliphatic rings. The molecule has 1 aromatic heterocycles. The van der Waals surface area contributed by atoms with Crippen LogP contribution in [0.3, 0.4) is 0 Å². The van der Waals surface area contributed by atoms with E-state index in [2.05, 4.69) is 84.0 Å². The number of hydrogen-bond donors (Lipinski definition) is 0. The lowest BCUT2D eigenvalue weighted by Gasteiger charge is -2.37. The second-order valence-electron chi connectivity index (χ2n) is 8.35. The van der Waals surface area contributed by atoms with Crippen LogP contribution in [0.15, 0.2) is 53.6 Å². The maximum atomic E-state index is 4.96. The molecular formula is C25H29N4+. The molecule has 4 heteroatoms. The first-order valence-corrected chi connectivity index (χ1v) is 10.7. The van der Waals surface area contributed by atoms with Crippen molar-refractivity contribution in [1.29, 1.82) is 0 Å². The van der Waals surface area contributed by atoms with Gasteiger partial charge < -0.3 is 4.90 Å². The van der Waals surface area contributed by atoms with E-state index in [0.717, 1.165) is 11.4 Å². The monoisotopic (exact) mass is 385 g/mol. The lowest BCUT2D eigenvalue weighted by atomic mass is 9.91. The highest BCUT2D eigenvalue weighted by Gasteiger charge is 2.25. The van der Waals surface area contributed by atoms with E-state index in [0.29, 0.717) is 0 Å². The summed E-state index contributed by atoms with van der Waals surface area (Å²) in [4.78, 5) is 2.59. The number of benzene rings is 2. The van der Waals surface area contributed by atoms with Crippen molar-refractivity contribution in [3.63, 3.8) is 0 Å². The van der Waals surface area contributed by atoms with Crippen molar-refractivity contribution in [2.75, 3.05) is 30.0 Å². The Hall–Kier alpha value is -2.88. The fourth-order valence-corrected chi connectivity index (χ4v) is 5.01. The Kier molecular flexibility index (Phi) is 4.50. The van der Waals surface area contributed by atoms with E-state index in [4.69, 9.17) is 5.10 Å². The molecule has 2 aliphatic heterocycles. The number of rotatable bonds is 3. The van der Waals surface area contributed by atoms with Crippen LogP contribution in [-0.2, 0) is 19.9 Å². The lowest BCUT2D eigenvalue weighted by molar-refractivity contribution is -0.646. The van der Waals surface area contributed by atoms with Crippen LogP contribution in [0.25, 0.3) is 10.9 Å². The van der Waals surface area contributed by atoms with Crippen molar-refractivity contribution < 1.29 is 4.57 Å². The Labute approximate surface area is 173 Å². The number of pyridine rings is 1. The third-order valence-electron chi connectivity index (χ3n) is 6.44. The zero-order valence-electron chi connectivity index (χ0n) is 17.7. The number of nitrogens with zero attached hydrogens (tertiary/aromatic N) is 4. The number of aromatic nitrogens is 1. The molecule has 3 heterocycles. The molecule has 0 radical (unpaired) electrons. The molecule has 2 aromatic carbocycles. The van der Waals surface area contributed by atoms with Gasteiger partial charge in [0.15, 0.2) is 0 Å². The summed E-state index contributed by atoms with van der Waals surface area (Å²) in [7, 11) is 4.19. The molecule has 0 amide bonds. The van der Waals surface area contributed by atoms with Crippen molar-refractivity contribution in [2.45, 2.75) is 32.6 Å². The molecule has 4 nitrogen and oxygen atoms in total. The Morgan fingerprint density at radius 1 is 1.00 bits per heavy atom. The Morgan fingerprint density at radius 3 is 2.41 bits per heavy atom. The molecule has 0 bridgehead atoms. The second-order valence-corrected chi connectivity index (χ2v) is 8.35. The number of anilines is 2. The highest BCUT2D eigenvalue weighted by Crippen LogP contribution is 2.38. The normalized spacial score (nSPS) is 16.1. The molecule has 0 atom stereocenters. The summed E-state index contributed by atoms with van der Waals surface area (Å²) >= 11 is 0. The van der Waals surface area contributed by atoms with Crippen LogP contribution >= 0.6 is 0 Å². The van der Waals surface area contributed by atoms with Crippen molar-refractivity contribution in [1.82, 2.24) is 0 Å². The first-order chi connectivity index (χ1) is 14.1. The minimum Gasteiger partial charge on any atom is -0.371 e. The second kappa shape index (κ2) is 7.18. The van der Waals surface area contributed by atoms with E-state index < -0.39 is 0 Å². The predicted octanol–water partition coefficient (Wildman–Crippen LogP) is 4.22. The zero-order valence-corrected chi connectivity index (χ0v) is 17.7. The first-order valence-electron chi connectivity index (χ1n) is 10.7. The predicted molar refractivity (Wildman–Crippen MR) is 121 cm³/mol. The van der Waals surface area contributed by atoms with E-state index in [1.807, 2.05) is 0 Å². The van der Waals surface area contributed by atoms with Gasteiger partial charge in [-0.15, -0.1) is 0 Å². The van der Waals surface area contributed by atoms with Crippen molar-refractivity contribution in [3.8, 4) is 0 Å². The van der Waals surface area contributed by atoms with Gasteiger partial charge in [-0.3, -0.25) is 5.01 Å². The highest BCUT2D eigenvalue weighted by molar-refractivity contribution is 5.97. The van der Waals surface area contributed by atoms with Crippen molar-refractivity contribution in [3.05, 3.63) is 65.4 Å². The van der Waals surface area contributed by atoms with E-state index in [1.54, 1.807) is 0 Å². The lowest BCUT2D eigenvalue weighted by Crippen LogP contribution is -2.37. The molecule has 0 spiro atoms. The Balaban J connectivity index is 1.51. The molecule has 0 unspecified atom stereocenters. The largest absolute Gasteiger partial charge is 0.371 e. The fraction of sp³-hybridized carbons (Fsp3) is 0.360. The maximum Gasteiger partial charge on any atom is 0.228 e. The third-order valence-corrected chi connectivity index (χ3v) is 6.44. The summed E-state index contributed by atoms with van der Waals surface area (Å²) in [5, 5.41) is 8.26. The van der Waals surface area contributed by atoms with Gasteiger partial charge in [0.2, 0.25) is 11.2 Å². The Morgan fingerprint density at radius 2 is 1.69 bits per heavy atom. The van der Waals surface area contributed by atoms with Crippen molar-refractivity contribution >= 4 is 28.0 Å². The molecule has 5 rings (SSSR count). The molecule has 3 aromatic rings. The number of hydrogen-bond acceptors (Lipinski definition) is 3. The van der Waals surface area contributed by atoms with Crippen molar-refractivity contribution in [2.24, 2.45) is 12.1 Å². The van der Waals surface area contributed by atoms with Crippen LogP contribution in [0.5, 0.6) is 0 Å². The molecule has 148 valence electrons. The van der Waals surface area contributed by atoms with Gasteiger partial charge >= 0.3 is 0 Å². The van der Waals surface area contributed by atoms with Crippen LogP contribution in [0.2, 0.25) is 0 Å². The first kappa shape index (κ1) is 18.2. The molecule has 0 saturated heterocycles. The molecule has 0 saturated carbocycles. The van der Waals surface area contributed by atoms with Crippen LogP contribution in [0.1, 0.15) is 36.6 Å². The zero-order chi connectivity index (χ0) is 20.0. The van der Waals surface area contributed by atoms with Crippen LogP contribution in [-0.4, -0.2) is 25.8 Å². The van der Waals surface area contributed by atoms with Crippen LogP contribution in [0.4, 0.5) is 11.4 Å². The molecule has 0 fully saturated rings. The minimum atomic E-state index is 1.02. The third kappa shape index (κ3) is 3.17. The number of aryl methyl sites for hydroxylation is 3. The quantitative estimate of drug-likeness (QED) is 0.383. The highest BCUT2D eigenvalue weighted by atomic mass is 15.4. The van der Waals surface area contributed by atoms with E-state index in [9.17, 15) is 0 Å². The summed E-state index contributed by atoms with van der Waals surface area (Å²) in [5.74, 6) is 0. The SMILES string of the molecule is CC(=NN(C)c1cc2c3c(c1)CCCN3CCC2)c1ccc2ccccc2[n+]1C. The minimum absolute atomic E-state index is 1.02. The summed E-state index contributed by atoms with van der Waals surface area (Å²) in [5.41, 5.74) is 9.10. The van der Waals surface area contributed by atoms with E-state index >= 15 is 0 Å². The average molecular weight is 386 g/mol. The molecule has 29 heavy (non-hydrogen) atoms. The number of para-hydroxylation sites is 1. The topological polar surface area (TPSA) is 22.7 Å². The molecule has 0 N–H and O–H groups in total. The van der Waals surface area contributed by atoms with Gasteiger partial charge in [0.25, 0.3) is 0 Å². The molecule has 0 aliphatic carbocycles. The smallest absolute Gasteiger partial charge is 0.228 e. The van der Waals surface area contributed by atoms with Crippen LogP contribution < -0.4 is 14.5 Å². The van der Waals surface area contributed by atoms with Gasteiger partial charge in [0.05, 0.1) is 5.69 Å². The summed E-state index contributed by atoms with van der Waals surface area (Å²) in [6.07, 6.45) is 4.88. The number of fused-ring (bicyclic) bond motifs is 1. The molecular weight excluding hydrogens is 356 g/mol. The summed E-state index contributed by atoms with van der Waals surface area (Å²) in [6.45, 7) is 4.53. The van der Waals surface area contributed by atoms with Gasteiger partial charge in [-0.2, -0.15) is 9.67 Å². The van der Waals surface area contributed by atoms with Gasteiger partial charge in [-0.1, -0.05) is 12.1 Å². The summed E-state index contributed by atoms with van der Waals surface area (Å²) < 4.78 is 2.23. The van der Waals surface area contributed by atoms with Gasteiger partial charge in [-0.25, -0.2) is 0 Å². The summed E-state index contributed by atoms with van der Waals surface area (Å²) in [6, 6.07) is 17.5. The Bertz CT molecular complexity index is 1080. The van der Waals surface area contributed by atoms with E-state index in [-0.39, 0.29) is 0 Å².